The molecule has 2 unspecified atom stereocenters. The van der Waals surface area contributed by atoms with Crippen LogP contribution in [-0.4, -0.2) is 69.3 Å². The fraction of sp³-hybridized carbons (Fsp3) is 0.611. The summed E-state index contributed by atoms with van der Waals surface area (Å²) in [6.45, 7) is 7.23. The number of benzene rings is 1. The maximum Gasteiger partial charge on any atom is 0.222 e. The van der Waals surface area contributed by atoms with E-state index in [2.05, 4.69) is 46.3 Å². The summed E-state index contributed by atoms with van der Waals surface area (Å²) in [5.74, 6) is 0.00192. The van der Waals surface area contributed by atoms with Crippen molar-refractivity contribution in [2.45, 2.75) is 25.5 Å². The highest BCUT2D eigenvalue weighted by atomic mass is 35.5. The smallest absolute Gasteiger partial charge is 0.222 e. The molecular formula is C18H33Cl3N4O2. The summed E-state index contributed by atoms with van der Waals surface area (Å²) < 4.78 is 5.15. The minimum Gasteiger partial charge on any atom is -0.380 e. The van der Waals surface area contributed by atoms with Crippen LogP contribution in [0.4, 0.5) is 5.69 Å². The third kappa shape index (κ3) is 9.32. The summed E-state index contributed by atoms with van der Waals surface area (Å²) in [5.41, 5.74) is 6.83. The lowest BCUT2D eigenvalue weighted by atomic mass is 10.2. The first-order valence-electron chi connectivity index (χ1n) is 8.67. The molecule has 1 heterocycles. The van der Waals surface area contributed by atoms with E-state index in [0.717, 1.165) is 26.2 Å². The summed E-state index contributed by atoms with van der Waals surface area (Å²) in [6, 6.07) is 10.8. The fourth-order valence-electron chi connectivity index (χ4n) is 2.99. The van der Waals surface area contributed by atoms with E-state index in [1.807, 2.05) is 6.07 Å². The Morgan fingerprint density at radius 3 is 2.26 bits per heavy atom. The lowest BCUT2D eigenvalue weighted by molar-refractivity contribution is -0.123. The monoisotopic (exact) mass is 442 g/mol. The maximum atomic E-state index is 11.9. The van der Waals surface area contributed by atoms with Gasteiger partial charge in [-0.15, -0.1) is 37.2 Å². The lowest BCUT2D eigenvalue weighted by Gasteiger charge is -2.39. The third-order valence-corrected chi connectivity index (χ3v) is 4.66. The molecule has 27 heavy (non-hydrogen) atoms. The summed E-state index contributed by atoms with van der Waals surface area (Å²) in [4.78, 5) is 16.8. The van der Waals surface area contributed by atoms with Crippen LogP contribution in [0.25, 0.3) is 0 Å². The van der Waals surface area contributed by atoms with E-state index < -0.39 is 0 Å². The van der Waals surface area contributed by atoms with Gasteiger partial charge < -0.3 is 20.7 Å². The first-order chi connectivity index (χ1) is 11.6. The molecule has 0 radical (unpaired) electrons. The molecule has 1 aromatic rings. The average Bonchev–Trinajstić information content (AvgIpc) is 2.65. The number of carbonyl (C=O) groups is 1. The molecule has 2 rings (SSSR count). The van der Waals surface area contributed by atoms with Crippen molar-refractivity contribution in [3.8, 4) is 0 Å². The van der Waals surface area contributed by atoms with Crippen LogP contribution in [0.2, 0.25) is 0 Å². The molecule has 2 atom stereocenters. The quantitative estimate of drug-likeness (QED) is 0.642. The van der Waals surface area contributed by atoms with Gasteiger partial charge >= 0.3 is 0 Å². The number of carbonyl (C=O) groups excluding carboxylic acids is 1. The van der Waals surface area contributed by atoms with E-state index in [4.69, 9.17) is 10.5 Å². The average molecular weight is 444 g/mol. The van der Waals surface area contributed by atoms with Gasteiger partial charge in [-0.3, -0.25) is 9.69 Å². The Balaban J connectivity index is 0. The van der Waals surface area contributed by atoms with Gasteiger partial charge in [-0.1, -0.05) is 18.2 Å². The second-order valence-electron chi connectivity index (χ2n) is 6.31. The number of anilines is 1. The Kier molecular flexibility index (Phi) is 16.0. The number of piperazine rings is 1. The van der Waals surface area contributed by atoms with Crippen LogP contribution < -0.4 is 16.0 Å². The van der Waals surface area contributed by atoms with Gasteiger partial charge in [0.15, 0.2) is 0 Å². The predicted octanol–water partition coefficient (Wildman–Crippen LogP) is 1.94. The Labute approximate surface area is 181 Å². The Bertz CT molecular complexity index is 499. The van der Waals surface area contributed by atoms with Crippen LogP contribution in [-0.2, 0) is 9.53 Å². The minimum atomic E-state index is -0.199. The van der Waals surface area contributed by atoms with Crippen molar-refractivity contribution in [2.24, 2.45) is 5.73 Å². The zero-order chi connectivity index (χ0) is 17.4. The van der Waals surface area contributed by atoms with Crippen molar-refractivity contribution in [3.05, 3.63) is 30.3 Å². The molecule has 0 saturated carbocycles. The predicted molar refractivity (Wildman–Crippen MR) is 119 cm³/mol. The third-order valence-electron chi connectivity index (χ3n) is 4.66. The molecular weight excluding hydrogens is 411 g/mol. The van der Waals surface area contributed by atoms with Crippen LogP contribution in [0.15, 0.2) is 30.3 Å². The molecule has 1 amide bonds. The zero-order valence-corrected chi connectivity index (χ0v) is 18.5. The van der Waals surface area contributed by atoms with Gasteiger partial charge in [0, 0.05) is 58.1 Å². The second-order valence-corrected chi connectivity index (χ2v) is 6.31. The number of hydrogen-bond donors (Lipinski definition) is 2. The molecule has 1 aromatic carbocycles. The highest BCUT2D eigenvalue weighted by Crippen LogP contribution is 2.16. The molecule has 158 valence electrons. The molecule has 1 aliphatic rings. The van der Waals surface area contributed by atoms with E-state index in [9.17, 15) is 4.79 Å². The lowest BCUT2D eigenvalue weighted by Crippen LogP contribution is -2.52. The van der Waals surface area contributed by atoms with Gasteiger partial charge in [-0.2, -0.15) is 0 Å². The molecule has 1 fully saturated rings. The van der Waals surface area contributed by atoms with E-state index in [-0.39, 0.29) is 49.2 Å². The summed E-state index contributed by atoms with van der Waals surface area (Å²) >= 11 is 0. The fourth-order valence-corrected chi connectivity index (χ4v) is 2.99. The van der Waals surface area contributed by atoms with Crippen LogP contribution >= 0.6 is 37.2 Å². The normalized spacial score (nSPS) is 16.2. The van der Waals surface area contributed by atoms with Crippen molar-refractivity contribution in [3.63, 3.8) is 0 Å². The van der Waals surface area contributed by atoms with Crippen molar-refractivity contribution < 1.29 is 9.53 Å². The molecule has 1 aliphatic heterocycles. The number of rotatable bonds is 8. The highest BCUT2D eigenvalue weighted by molar-refractivity contribution is 5.86. The van der Waals surface area contributed by atoms with Crippen LogP contribution in [0.3, 0.4) is 0 Å². The number of nitrogens with one attached hydrogen (secondary N) is 1. The minimum absolute atomic E-state index is 0. The number of halogens is 3. The van der Waals surface area contributed by atoms with Gasteiger partial charge in [-0.05, 0) is 19.1 Å². The SMILES string of the molecule is COC(CN)CC(=O)NCC(C)N1CCN(c2ccccc2)CC1.Cl.Cl.Cl. The number of hydrogen-bond acceptors (Lipinski definition) is 5. The number of para-hydroxylation sites is 1. The van der Waals surface area contributed by atoms with E-state index in [1.165, 1.54) is 5.69 Å². The van der Waals surface area contributed by atoms with Crippen molar-refractivity contribution >= 4 is 48.8 Å². The summed E-state index contributed by atoms with van der Waals surface area (Å²) in [6.07, 6.45) is 0.122. The van der Waals surface area contributed by atoms with Crippen molar-refractivity contribution in [2.75, 3.05) is 51.3 Å². The topological polar surface area (TPSA) is 70.8 Å². The Hall–Kier alpha value is -0.760. The number of nitrogens with two attached hydrogens (primary N) is 1. The molecule has 0 aliphatic carbocycles. The second kappa shape index (κ2) is 15.2. The molecule has 3 N–H and O–H groups in total. The van der Waals surface area contributed by atoms with E-state index in [0.29, 0.717) is 25.6 Å². The number of nitrogens with zero attached hydrogens (tertiary/aromatic N) is 2. The maximum absolute atomic E-state index is 11.9. The summed E-state index contributed by atoms with van der Waals surface area (Å²) in [7, 11) is 1.58. The van der Waals surface area contributed by atoms with Gasteiger partial charge in [0.2, 0.25) is 5.91 Å². The van der Waals surface area contributed by atoms with Gasteiger partial charge in [0.25, 0.3) is 0 Å². The first kappa shape index (κ1) is 28.4. The Morgan fingerprint density at radius 2 is 1.74 bits per heavy atom. The summed E-state index contributed by atoms with van der Waals surface area (Å²) in [5, 5.41) is 2.99. The number of methoxy groups -OCH3 is 1. The van der Waals surface area contributed by atoms with E-state index in [1.54, 1.807) is 7.11 Å². The van der Waals surface area contributed by atoms with Crippen LogP contribution in [0.5, 0.6) is 0 Å². The van der Waals surface area contributed by atoms with Crippen molar-refractivity contribution in [1.82, 2.24) is 10.2 Å². The van der Waals surface area contributed by atoms with Gasteiger partial charge in [0.05, 0.1) is 12.5 Å². The molecule has 1 saturated heterocycles. The number of ether oxygens (including phenoxy) is 1. The van der Waals surface area contributed by atoms with Crippen molar-refractivity contribution in [1.29, 1.82) is 0 Å². The number of amides is 1. The van der Waals surface area contributed by atoms with E-state index >= 15 is 0 Å². The highest BCUT2D eigenvalue weighted by Gasteiger charge is 2.21. The molecule has 0 bridgehead atoms. The standard InChI is InChI=1S/C18H30N4O2.3ClH/c1-15(14-20-18(23)12-17(13-19)24-2)21-8-10-22(11-9-21)16-6-4-3-5-7-16;;;/h3-7,15,17H,8-14,19H2,1-2H3,(H,20,23);3*1H. The molecule has 0 aromatic heterocycles. The largest absolute Gasteiger partial charge is 0.380 e. The van der Waals surface area contributed by atoms with Crippen LogP contribution in [0.1, 0.15) is 13.3 Å². The van der Waals surface area contributed by atoms with Gasteiger partial charge in [0.1, 0.15) is 0 Å². The molecule has 0 spiro atoms. The molecule has 9 heteroatoms. The first-order valence-corrected chi connectivity index (χ1v) is 8.67. The zero-order valence-electron chi connectivity index (χ0n) is 16.0. The van der Waals surface area contributed by atoms with Crippen LogP contribution in [0, 0.1) is 0 Å². The Morgan fingerprint density at radius 1 is 1.15 bits per heavy atom. The molecule has 6 nitrogen and oxygen atoms in total. The van der Waals surface area contributed by atoms with Gasteiger partial charge in [-0.25, -0.2) is 0 Å².